The number of fused-ring (bicyclic) bond motifs is 3. The lowest BCUT2D eigenvalue weighted by Gasteiger charge is -2.26. The van der Waals surface area contributed by atoms with Gasteiger partial charge in [-0.1, -0.05) is 36.4 Å². The van der Waals surface area contributed by atoms with Crippen molar-refractivity contribution >= 4 is 24.1 Å². The number of halogens is 1. The summed E-state index contributed by atoms with van der Waals surface area (Å²) in [5, 5.41) is 3.37. The van der Waals surface area contributed by atoms with Crippen LogP contribution < -0.4 is 25.3 Å². The van der Waals surface area contributed by atoms with E-state index in [0.717, 1.165) is 36.3 Å². The molecular weight excluding hydrogens is 468 g/mol. The summed E-state index contributed by atoms with van der Waals surface area (Å²) in [5.41, 5.74) is 9.58. The summed E-state index contributed by atoms with van der Waals surface area (Å²) >= 11 is 0. The van der Waals surface area contributed by atoms with Crippen LogP contribution in [0, 0.1) is 0 Å². The normalized spacial score (nSPS) is 15.6. The van der Waals surface area contributed by atoms with Crippen molar-refractivity contribution in [1.82, 2.24) is 5.32 Å². The molecule has 0 bridgehead atoms. The fourth-order valence-corrected chi connectivity index (χ4v) is 4.49. The maximum atomic E-state index is 12.9. The summed E-state index contributed by atoms with van der Waals surface area (Å²) in [4.78, 5) is 24.9. The van der Waals surface area contributed by atoms with Gasteiger partial charge in [0.2, 0.25) is 6.79 Å². The van der Waals surface area contributed by atoms with E-state index in [2.05, 4.69) is 11.4 Å². The molecule has 0 spiro atoms. The van der Waals surface area contributed by atoms with Crippen LogP contribution in [0.25, 0.3) is 0 Å². The average Bonchev–Trinajstić information content (AvgIpc) is 3.36. The molecule has 0 saturated heterocycles. The highest BCUT2D eigenvalue weighted by atomic mass is 35.5. The van der Waals surface area contributed by atoms with Gasteiger partial charge < -0.3 is 25.3 Å². The lowest BCUT2D eigenvalue weighted by Crippen LogP contribution is -2.38. The van der Waals surface area contributed by atoms with Crippen LogP contribution in [-0.4, -0.2) is 31.1 Å². The van der Waals surface area contributed by atoms with Gasteiger partial charge in [0.1, 0.15) is 12.4 Å². The molecule has 1 unspecified atom stereocenters. The number of hydrogen-bond acceptors (Lipinski definition) is 6. The first-order chi connectivity index (χ1) is 16.6. The fourth-order valence-electron chi connectivity index (χ4n) is 4.49. The third-order valence-corrected chi connectivity index (χ3v) is 6.30. The number of rotatable bonds is 8. The first-order valence-corrected chi connectivity index (χ1v) is 11.4. The zero-order chi connectivity index (χ0) is 23.5. The van der Waals surface area contributed by atoms with Crippen LogP contribution in [0.1, 0.15) is 43.8 Å². The van der Waals surface area contributed by atoms with E-state index in [-0.39, 0.29) is 43.1 Å². The summed E-state index contributed by atoms with van der Waals surface area (Å²) in [6.07, 6.45) is 2.59. The van der Waals surface area contributed by atoms with Crippen molar-refractivity contribution in [2.75, 3.05) is 13.3 Å². The minimum atomic E-state index is -0.631. The molecule has 0 aromatic heterocycles. The number of ether oxygens (including phenoxy) is 3. The Labute approximate surface area is 210 Å². The van der Waals surface area contributed by atoms with Crippen molar-refractivity contribution in [2.24, 2.45) is 5.73 Å². The molecule has 0 radical (unpaired) electrons. The molecule has 1 amide bonds. The van der Waals surface area contributed by atoms with Crippen molar-refractivity contribution in [3.63, 3.8) is 0 Å². The second-order valence-corrected chi connectivity index (χ2v) is 8.53. The van der Waals surface area contributed by atoms with Gasteiger partial charge >= 0.3 is 0 Å². The molecule has 8 heteroatoms. The van der Waals surface area contributed by atoms with E-state index in [1.165, 1.54) is 17.2 Å². The lowest BCUT2D eigenvalue weighted by molar-refractivity contribution is 0.0986. The Morgan fingerprint density at radius 3 is 2.69 bits per heavy atom. The van der Waals surface area contributed by atoms with Crippen molar-refractivity contribution in [3.8, 4) is 17.2 Å². The van der Waals surface area contributed by atoms with Crippen LogP contribution in [0.4, 0.5) is 0 Å². The van der Waals surface area contributed by atoms with Crippen molar-refractivity contribution < 1.29 is 23.8 Å². The highest BCUT2D eigenvalue weighted by Gasteiger charge is 2.26. The maximum Gasteiger partial charge on any atom is 0.252 e. The molecule has 3 aromatic rings. The number of carbonyl (C=O) groups is 2. The summed E-state index contributed by atoms with van der Waals surface area (Å²) < 4.78 is 16.9. The Morgan fingerprint density at radius 2 is 1.89 bits per heavy atom. The number of carbonyl (C=O) groups excluding carboxylic acids is 2. The highest BCUT2D eigenvalue weighted by molar-refractivity contribution is 6.02. The zero-order valence-corrected chi connectivity index (χ0v) is 19.9. The monoisotopic (exact) mass is 494 g/mol. The van der Waals surface area contributed by atoms with Gasteiger partial charge in [0, 0.05) is 17.2 Å². The molecule has 182 valence electrons. The van der Waals surface area contributed by atoms with E-state index in [0.29, 0.717) is 17.9 Å². The Bertz CT molecular complexity index is 1230. The number of amides is 1. The van der Waals surface area contributed by atoms with Crippen molar-refractivity contribution in [2.45, 2.75) is 31.9 Å². The second kappa shape index (κ2) is 10.8. The quantitative estimate of drug-likeness (QED) is 0.461. The van der Waals surface area contributed by atoms with Crippen LogP contribution >= 0.6 is 12.4 Å². The van der Waals surface area contributed by atoms with Gasteiger partial charge in [-0.25, -0.2) is 0 Å². The zero-order valence-electron chi connectivity index (χ0n) is 19.1. The standard InChI is InChI=1S/C27H26N2O5.ClH/c28-27(31)22-13-19(7-10-24(22)32-15-17-4-2-1-3-5-17)23(30)14-29-20-8-9-21-18(12-20)6-11-25-26(21)34-16-33-25;/h1-7,10-11,13,20,29H,8-9,12,14-16H2,(H2,28,31);1H. The van der Waals surface area contributed by atoms with Crippen LogP contribution in [0.15, 0.2) is 60.7 Å². The van der Waals surface area contributed by atoms with E-state index in [1.54, 1.807) is 12.1 Å². The molecule has 2 aliphatic rings. The number of primary amides is 1. The smallest absolute Gasteiger partial charge is 0.252 e. The number of nitrogens with two attached hydrogens (primary N) is 1. The Morgan fingerprint density at radius 1 is 1.06 bits per heavy atom. The van der Waals surface area contributed by atoms with Gasteiger partial charge in [0.05, 0.1) is 12.1 Å². The van der Waals surface area contributed by atoms with E-state index >= 15 is 0 Å². The molecular formula is C27H27ClN2O5. The molecule has 7 nitrogen and oxygen atoms in total. The molecule has 0 saturated carbocycles. The van der Waals surface area contributed by atoms with Gasteiger partial charge in [0.15, 0.2) is 17.3 Å². The molecule has 1 atom stereocenters. The van der Waals surface area contributed by atoms with Gasteiger partial charge in [-0.05, 0) is 54.7 Å². The molecule has 0 fully saturated rings. The topological polar surface area (TPSA) is 99.9 Å². The van der Waals surface area contributed by atoms with Crippen molar-refractivity contribution in [1.29, 1.82) is 0 Å². The van der Waals surface area contributed by atoms with Crippen LogP contribution in [-0.2, 0) is 19.4 Å². The highest BCUT2D eigenvalue weighted by Crippen LogP contribution is 2.40. The number of benzene rings is 3. The van der Waals surface area contributed by atoms with Gasteiger partial charge in [-0.15, -0.1) is 12.4 Å². The van der Waals surface area contributed by atoms with Gasteiger partial charge in [-0.2, -0.15) is 0 Å². The first kappa shape index (κ1) is 24.6. The molecule has 1 heterocycles. The Hall–Kier alpha value is -3.55. The largest absolute Gasteiger partial charge is 0.488 e. The molecule has 35 heavy (non-hydrogen) atoms. The van der Waals surface area contributed by atoms with Crippen LogP contribution in [0.3, 0.4) is 0 Å². The van der Waals surface area contributed by atoms with Crippen molar-refractivity contribution in [3.05, 3.63) is 88.5 Å². The van der Waals surface area contributed by atoms with Gasteiger partial charge in [-0.3, -0.25) is 9.59 Å². The van der Waals surface area contributed by atoms with Crippen LogP contribution in [0.5, 0.6) is 17.2 Å². The number of ketones is 1. The van der Waals surface area contributed by atoms with E-state index in [1.807, 2.05) is 36.4 Å². The number of hydrogen-bond donors (Lipinski definition) is 2. The minimum Gasteiger partial charge on any atom is -0.488 e. The molecule has 3 N–H and O–H groups in total. The molecule has 5 rings (SSSR count). The minimum absolute atomic E-state index is 0. The third-order valence-electron chi connectivity index (χ3n) is 6.30. The average molecular weight is 495 g/mol. The van der Waals surface area contributed by atoms with E-state index in [9.17, 15) is 9.59 Å². The fraction of sp³-hybridized carbons (Fsp3) is 0.259. The van der Waals surface area contributed by atoms with E-state index < -0.39 is 5.91 Å². The molecule has 3 aromatic carbocycles. The second-order valence-electron chi connectivity index (χ2n) is 8.53. The predicted octanol–water partition coefficient (Wildman–Crippen LogP) is 3.84. The predicted molar refractivity (Wildman–Crippen MR) is 134 cm³/mol. The Kier molecular flexibility index (Phi) is 7.58. The third kappa shape index (κ3) is 5.42. The lowest BCUT2D eigenvalue weighted by atomic mass is 9.87. The van der Waals surface area contributed by atoms with Gasteiger partial charge in [0.25, 0.3) is 5.91 Å². The van der Waals surface area contributed by atoms with Crippen LogP contribution in [0.2, 0.25) is 0 Å². The number of nitrogens with one attached hydrogen (secondary N) is 1. The Balaban J connectivity index is 0.00000289. The summed E-state index contributed by atoms with van der Waals surface area (Å²) in [5.74, 6) is 1.30. The molecule has 1 aliphatic heterocycles. The van der Waals surface area contributed by atoms with E-state index in [4.69, 9.17) is 19.9 Å². The number of Topliss-reactive ketones (excluding diaryl/α,β-unsaturated/α-hetero) is 1. The first-order valence-electron chi connectivity index (χ1n) is 11.4. The maximum absolute atomic E-state index is 12.9. The summed E-state index contributed by atoms with van der Waals surface area (Å²) in [7, 11) is 0. The summed E-state index contributed by atoms with van der Waals surface area (Å²) in [6, 6.07) is 18.7. The SMILES string of the molecule is Cl.NC(=O)c1cc(C(=O)CNC2CCc3c(ccc4c3OCO4)C2)ccc1OCc1ccccc1. The molecule has 1 aliphatic carbocycles. The summed E-state index contributed by atoms with van der Waals surface area (Å²) in [6.45, 7) is 0.748.